The minimum Gasteiger partial charge on any atom is -0.303 e. The van der Waals surface area contributed by atoms with Gasteiger partial charge in [-0.1, -0.05) is 43.1 Å². The molecule has 1 aromatic carbocycles. The van der Waals surface area contributed by atoms with E-state index in [1.165, 1.54) is 0 Å². The smallest absolute Gasteiger partial charge is 0.0713 e. The Hall–Kier alpha value is 0.0500. The molecule has 0 saturated carbocycles. The summed E-state index contributed by atoms with van der Waals surface area (Å²) in [7, 11) is 0. The summed E-state index contributed by atoms with van der Waals surface area (Å²) in [5, 5.41) is 4.46. The number of hydrogen-bond donors (Lipinski definition) is 1. The van der Waals surface area contributed by atoms with Gasteiger partial charge < -0.3 is 5.32 Å². The third kappa shape index (κ3) is 3.53. The molecular weight excluding hydrogens is 252 g/mol. The number of alkyl halides is 1. The highest BCUT2D eigenvalue weighted by Crippen LogP contribution is 2.31. The van der Waals surface area contributed by atoms with Crippen LogP contribution in [-0.4, -0.2) is 12.5 Å². The molecule has 0 aliphatic rings. The van der Waals surface area contributed by atoms with Gasteiger partial charge in [-0.05, 0) is 17.7 Å². The Morgan fingerprint density at radius 3 is 2.47 bits per heavy atom. The second-order valence-corrected chi connectivity index (χ2v) is 5.18. The van der Waals surface area contributed by atoms with Gasteiger partial charge in [0.05, 0.1) is 6.00 Å². The molecule has 0 aromatic heterocycles. The molecule has 0 unspecified atom stereocenters. The molecule has 0 amide bonds. The van der Waals surface area contributed by atoms with Crippen LogP contribution in [0.1, 0.15) is 19.4 Å². The van der Waals surface area contributed by atoms with Gasteiger partial charge in [0, 0.05) is 22.0 Å². The maximum atomic E-state index is 6.15. The van der Waals surface area contributed by atoms with E-state index in [1.807, 2.05) is 12.1 Å². The number of halogens is 3. The predicted molar refractivity (Wildman–Crippen MR) is 68.2 cm³/mol. The highest BCUT2D eigenvalue weighted by molar-refractivity contribution is 6.35. The van der Waals surface area contributed by atoms with E-state index in [-0.39, 0.29) is 5.41 Å². The molecule has 1 N–H and O–H groups in total. The van der Waals surface area contributed by atoms with Gasteiger partial charge in [-0.25, -0.2) is 0 Å². The standard InChI is InChI=1S/C11H14Cl3N/c1-11(2,6-15-7-12)9-4-3-8(13)5-10(9)14/h3-5,15H,6-7H2,1-2H3. The van der Waals surface area contributed by atoms with Crippen LogP contribution in [0.3, 0.4) is 0 Å². The highest BCUT2D eigenvalue weighted by Gasteiger charge is 2.22. The Kier molecular flexibility index (Phi) is 4.72. The van der Waals surface area contributed by atoms with E-state index in [1.54, 1.807) is 6.07 Å². The van der Waals surface area contributed by atoms with Gasteiger partial charge in [-0.2, -0.15) is 0 Å². The lowest BCUT2D eigenvalue weighted by molar-refractivity contribution is 0.489. The normalized spacial score (nSPS) is 11.8. The second kappa shape index (κ2) is 5.40. The fourth-order valence-electron chi connectivity index (χ4n) is 1.49. The van der Waals surface area contributed by atoms with Crippen molar-refractivity contribution in [3.8, 4) is 0 Å². The number of rotatable bonds is 4. The van der Waals surface area contributed by atoms with Gasteiger partial charge in [-0.3, -0.25) is 0 Å². The van der Waals surface area contributed by atoms with Crippen LogP contribution in [0.15, 0.2) is 18.2 Å². The maximum absolute atomic E-state index is 6.15. The van der Waals surface area contributed by atoms with E-state index < -0.39 is 0 Å². The van der Waals surface area contributed by atoms with Gasteiger partial charge >= 0.3 is 0 Å². The van der Waals surface area contributed by atoms with Crippen molar-refractivity contribution in [1.29, 1.82) is 0 Å². The average Bonchev–Trinajstić information content (AvgIpc) is 2.14. The molecule has 0 bridgehead atoms. The second-order valence-electron chi connectivity index (χ2n) is 4.07. The Bertz CT molecular complexity index is 337. The van der Waals surface area contributed by atoms with Crippen molar-refractivity contribution in [1.82, 2.24) is 5.32 Å². The number of benzene rings is 1. The molecule has 0 heterocycles. The topological polar surface area (TPSA) is 12.0 Å². The van der Waals surface area contributed by atoms with Crippen LogP contribution in [0, 0.1) is 0 Å². The first-order valence-electron chi connectivity index (χ1n) is 4.69. The van der Waals surface area contributed by atoms with E-state index in [0.29, 0.717) is 16.0 Å². The molecule has 1 nitrogen and oxygen atoms in total. The molecule has 0 aliphatic heterocycles. The molecule has 0 atom stereocenters. The SMILES string of the molecule is CC(C)(CNCCl)c1ccc(Cl)cc1Cl. The van der Waals surface area contributed by atoms with Crippen molar-refractivity contribution in [2.45, 2.75) is 19.3 Å². The molecular formula is C11H14Cl3N. The summed E-state index contributed by atoms with van der Waals surface area (Å²) in [4.78, 5) is 0. The molecule has 4 heteroatoms. The van der Waals surface area contributed by atoms with Crippen molar-refractivity contribution >= 4 is 34.8 Å². The van der Waals surface area contributed by atoms with Gasteiger partial charge in [-0.15, -0.1) is 11.6 Å². The lowest BCUT2D eigenvalue weighted by Gasteiger charge is -2.26. The molecule has 0 radical (unpaired) electrons. The van der Waals surface area contributed by atoms with Gasteiger partial charge in [0.2, 0.25) is 0 Å². The third-order valence-corrected chi connectivity index (χ3v) is 3.06. The molecule has 0 saturated heterocycles. The summed E-state index contributed by atoms with van der Waals surface area (Å²) in [5.41, 5.74) is 1.02. The average molecular weight is 267 g/mol. The fourth-order valence-corrected chi connectivity index (χ4v) is 2.25. The van der Waals surface area contributed by atoms with Crippen LogP contribution in [0.4, 0.5) is 0 Å². The Balaban J connectivity index is 2.93. The van der Waals surface area contributed by atoms with E-state index in [2.05, 4.69) is 19.2 Å². The van der Waals surface area contributed by atoms with Crippen LogP contribution in [0.5, 0.6) is 0 Å². The number of nitrogens with one attached hydrogen (secondary N) is 1. The largest absolute Gasteiger partial charge is 0.303 e. The Labute approximate surface area is 106 Å². The Morgan fingerprint density at radius 2 is 1.93 bits per heavy atom. The highest BCUT2D eigenvalue weighted by atomic mass is 35.5. The third-order valence-electron chi connectivity index (χ3n) is 2.32. The quantitative estimate of drug-likeness (QED) is 0.640. The first kappa shape index (κ1) is 13.1. The predicted octanol–water partition coefficient (Wildman–Crippen LogP) is 4.06. The summed E-state index contributed by atoms with van der Waals surface area (Å²) >= 11 is 17.6. The van der Waals surface area contributed by atoms with Crippen molar-refractivity contribution in [3.63, 3.8) is 0 Å². The zero-order valence-corrected chi connectivity index (χ0v) is 11.0. The fraction of sp³-hybridized carbons (Fsp3) is 0.455. The summed E-state index contributed by atoms with van der Waals surface area (Å²) in [6.07, 6.45) is 0. The first-order chi connectivity index (χ1) is 6.97. The lowest BCUT2D eigenvalue weighted by atomic mass is 9.84. The van der Waals surface area contributed by atoms with Crippen LogP contribution in [0.2, 0.25) is 10.0 Å². The first-order valence-corrected chi connectivity index (χ1v) is 5.98. The molecule has 0 fully saturated rings. The van der Waals surface area contributed by atoms with Crippen molar-refractivity contribution in [3.05, 3.63) is 33.8 Å². The molecule has 1 aromatic rings. The monoisotopic (exact) mass is 265 g/mol. The molecule has 0 aliphatic carbocycles. The summed E-state index contributed by atoms with van der Waals surface area (Å²) in [6, 6.07) is 6.02. The van der Waals surface area contributed by atoms with Crippen LogP contribution < -0.4 is 5.32 Å². The van der Waals surface area contributed by atoms with E-state index in [4.69, 9.17) is 34.8 Å². The lowest BCUT2D eigenvalue weighted by Crippen LogP contribution is -2.32. The minimum atomic E-state index is -0.0590. The van der Waals surface area contributed by atoms with Crippen LogP contribution in [-0.2, 0) is 5.41 Å². The van der Waals surface area contributed by atoms with Gasteiger partial charge in [0.25, 0.3) is 0 Å². The summed E-state index contributed by atoms with van der Waals surface area (Å²) < 4.78 is 0. The zero-order chi connectivity index (χ0) is 11.5. The van der Waals surface area contributed by atoms with E-state index in [0.717, 1.165) is 12.1 Å². The van der Waals surface area contributed by atoms with Crippen molar-refractivity contribution in [2.75, 3.05) is 12.5 Å². The van der Waals surface area contributed by atoms with Gasteiger partial charge in [0.1, 0.15) is 0 Å². The molecule has 84 valence electrons. The minimum absolute atomic E-state index is 0.0590. The number of hydrogen-bond acceptors (Lipinski definition) is 1. The van der Waals surface area contributed by atoms with Crippen molar-refractivity contribution < 1.29 is 0 Å². The summed E-state index contributed by atoms with van der Waals surface area (Å²) in [6.45, 7) is 5.00. The summed E-state index contributed by atoms with van der Waals surface area (Å²) in [5.74, 6) is 0. The van der Waals surface area contributed by atoms with Crippen molar-refractivity contribution in [2.24, 2.45) is 0 Å². The van der Waals surface area contributed by atoms with E-state index >= 15 is 0 Å². The molecule has 1 rings (SSSR count). The molecule has 15 heavy (non-hydrogen) atoms. The Morgan fingerprint density at radius 1 is 1.27 bits per heavy atom. The maximum Gasteiger partial charge on any atom is 0.0713 e. The van der Waals surface area contributed by atoms with E-state index in [9.17, 15) is 0 Å². The van der Waals surface area contributed by atoms with Crippen LogP contribution in [0.25, 0.3) is 0 Å². The van der Waals surface area contributed by atoms with Gasteiger partial charge in [0.15, 0.2) is 0 Å². The molecule has 0 spiro atoms. The zero-order valence-electron chi connectivity index (χ0n) is 8.78. The van der Waals surface area contributed by atoms with Crippen LogP contribution >= 0.6 is 34.8 Å².